The first-order chi connectivity index (χ1) is 12.7. The van der Waals surface area contributed by atoms with Crippen LogP contribution >= 0.6 is 0 Å². The summed E-state index contributed by atoms with van der Waals surface area (Å²) in [6.07, 6.45) is -0.576. The number of rotatable bonds is 2. The van der Waals surface area contributed by atoms with Gasteiger partial charge in [-0.3, -0.25) is 0 Å². The Morgan fingerprint density at radius 1 is 1.00 bits per heavy atom. The number of hydrogen-bond acceptors (Lipinski definition) is 4. The molecule has 27 heavy (non-hydrogen) atoms. The van der Waals surface area contributed by atoms with Gasteiger partial charge in [-0.15, -0.1) is 0 Å². The topological polar surface area (TPSA) is 47.9 Å². The predicted octanol–water partition coefficient (Wildman–Crippen LogP) is 3.68. The minimum atomic E-state index is -0.675. The lowest BCUT2D eigenvalue weighted by atomic mass is 9.77. The number of fused-ring (bicyclic) bond motifs is 1. The summed E-state index contributed by atoms with van der Waals surface area (Å²) < 4.78 is 31.4. The molecule has 6 heteroatoms. The summed E-state index contributed by atoms with van der Waals surface area (Å²) in [5, 5.41) is 10.7. The number of hydrogen-bond donors (Lipinski definition) is 1. The van der Waals surface area contributed by atoms with Crippen LogP contribution in [0.2, 0.25) is 0 Å². The first-order valence-corrected chi connectivity index (χ1v) is 9.26. The van der Waals surface area contributed by atoms with E-state index in [1.54, 1.807) is 12.1 Å². The quantitative estimate of drug-likeness (QED) is 0.820. The van der Waals surface area contributed by atoms with Crippen LogP contribution in [0.4, 0.5) is 4.39 Å². The highest BCUT2D eigenvalue weighted by atomic mass is 19.1. The van der Waals surface area contributed by atoms with Crippen LogP contribution < -0.4 is 10.2 Å². The Morgan fingerprint density at radius 3 is 2.26 bits per heavy atom. The highest BCUT2D eigenvalue weighted by Crippen LogP contribution is 2.41. The van der Waals surface area contributed by atoms with Crippen LogP contribution in [0.1, 0.15) is 57.5 Å². The van der Waals surface area contributed by atoms with Crippen molar-refractivity contribution in [3.63, 3.8) is 0 Å². The SMILES string of the molecule is CC1(C)OB(c2ccc3c(c2)C(O)CC(c2ccc(F)cc2)O3)OC1(C)C. The van der Waals surface area contributed by atoms with Gasteiger partial charge in [-0.1, -0.05) is 24.3 Å². The first-order valence-electron chi connectivity index (χ1n) is 9.26. The van der Waals surface area contributed by atoms with Crippen LogP contribution in [0.5, 0.6) is 5.75 Å². The van der Waals surface area contributed by atoms with Gasteiger partial charge in [-0.05, 0) is 56.9 Å². The van der Waals surface area contributed by atoms with Gasteiger partial charge in [-0.2, -0.15) is 0 Å². The van der Waals surface area contributed by atoms with Crippen molar-refractivity contribution in [2.75, 3.05) is 0 Å². The number of ether oxygens (including phenoxy) is 1. The minimum absolute atomic E-state index is 0.289. The van der Waals surface area contributed by atoms with Gasteiger partial charge in [0.25, 0.3) is 0 Å². The second kappa shape index (κ2) is 6.33. The zero-order valence-electron chi connectivity index (χ0n) is 16.0. The van der Waals surface area contributed by atoms with Crippen molar-refractivity contribution >= 4 is 12.6 Å². The fraction of sp³-hybridized carbons (Fsp3) is 0.429. The van der Waals surface area contributed by atoms with E-state index in [9.17, 15) is 9.50 Å². The zero-order chi connectivity index (χ0) is 19.4. The average Bonchev–Trinajstić information content (AvgIpc) is 2.83. The van der Waals surface area contributed by atoms with E-state index in [0.29, 0.717) is 12.2 Å². The van der Waals surface area contributed by atoms with Crippen LogP contribution in [-0.4, -0.2) is 23.4 Å². The smallest absolute Gasteiger partial charge is 0.485 e. The molecule has 0 aromatic heterocycles. The van der Waals surface area contributed by atoms with E-state index in [0.717, 1.165) is 16.6 Å². The van der Waals surface area contributed by atoms with Crippen molar-refractivity contribution in [2.45, 2.75) is 57.5 Å². The second-order valence-corrected chi connectivity index (χ2v) is 8.30. The van der Waals surface area contributed by atoms with E-state index >= 15 is 0 Å². The standard InChI is InChI=1S/C21H24BFO4/c1-20(2)21(3,4)27-22(26-20)14-7-10-18-16(11-14)17(24)12-19(25-18)13-5-8-15(23)9-6-13/h5-11,17,19,24H,12H2,1-4H3. The number of aliphatic hydroxyl groups excluding tert-OH is 1. The van der Waals surface area contributed by atoms with Crippen molar-refractivity contribution in [1.82, 2.24) is 0 Å². The Hall–Kier alpha value is -1.89. The maximum absolute atomic E-state index is 13.2. The highest BCUT2D eigenvalue weighted by molar-refractivity contribution is 6.62. The molecular formula is C21H24BFO4. The van der Waals surface area contributed by atoms with Crippen molar-refractivity contribution < 1.29 is 23.5 Å². The molecule has 0 saturated carbocycles. The minimum Gasteiger partial charge on any atom is -0.485 e. The van der Waals surface area contributed by atoms with E-state index in [4.69, 9.17) is 14.0 Å². The first kappa shape index (κ1) is 18.5. The Kier molecular flexibility index (Phi) is 4.33. The maximum atomic E-state index is 13.2. The molecule has 0 spiro atoms. The largest absolute Gasteiger partial charge is 0.494 e. The molecule has 2 aromatic rings. The third kappa shape index (κ3) is 3.26. The van der Waals surface area contributed by atoms with Gasteiger partial charge < -0.3 is 19.2 Å². The van der Waals surface area contributed by atoms with Crippen molar-refractivity contribution in [2.24, 2.45) is 0 Å². The predicted molar refractivity (Wildman–Crippen MR) is 102 cm³/mol. The number of halogens is 1. The molecule has 0 bridgehead atoms. The van der Waals surface area contributed by atoms with E-state index < -0.39 is 24.4 Å². The molecule has 142 valence electrons. The van der Waals surface area contributed by atoms with Crippen LogP contribution in [0.25, 0.3) is 0 Å². The van der Waals surface area contributed by atoms with E-state index in [1.807, 2.05) is 45.9 Å². The molecule has 1 saturated heterocycles. The summed E-state index contributed by atoms with van der Waals surface area (Å²) in [4.78, 5) is 0. The monoisotopic (exact) mass is 370 g/mol. The Bertz CT molecular complexity index is 834. The van der Waals surface area contributed by atoms with Crippen LogP contribution in [0, 0.1) is 5.82 Å². The van der Waals surface area contributed by atoms with Crippen molar-refractivity contribution in [1.29, 1.82) is 0 Å². The number of benzene rings is 2. The molecule has 2 aliphatic heterocycles. The van der Waals surface area contributed by atoms with Crippen LogP contribution in [-0.2, 0) is 9.31 Å². The van der Waals surface area contributed by atoms with Gasteiger partial charge in [0, 0.05) is 12.0 Å². The third-order valence-electron chi connectivity index (χ3n) is 5.87. The van der Waals surface area contributed by atoms with E-state index in [2.05, 4.69) is 0 Å². The summed E-state index contributed by atoms with van der Waals surface area (Å²) in [5.41, 5.74) is 1.58. The van der Waals surface area contributed by atoms with Crippen molar-refractivity contribution in [3.8, 4) is 5.75 Å². The summed E-state index contributed by atoms with van der Waals surface area (Å²) in [5.74, 6) is 0.339. The molecule has 1 fully saturated rings. The lowest BCUT2D eigenvalue weighted by molar-refractivity contribution is 0.00578. The fourth-order valence-electron chi connectivity index (χ4n) is 3.47. The Morgan fingerprint density at radius 2 is 1.63 bits per heavy atom. The van der Waals surface area contributed by atoms with E-state index in [-0.39, 0.29) is 11.9 Å². The summed E-state index contributed by atoms with van der Waals surface area (Å²) in [6.45, 7) is 8.04. The zero-order valence-corrected chi connectivity index (χ0v) is 16.0. The van der Waals surface area contributed by atoms with Gasteiger partial charge in [0.15, 0.2) is 0 Å². The molecule has 2 aliphatic rings. The highest BCUT2D eigenvalue weighted by Gasteiger charge is 2.51. The maximum Gasteiger partial charge on any atom is 0.494 e. The normalized spacial score (nSPS) is 25.8. The molecule has 2 aromatic carbocycles. The van der Waals surface area contributed by atoms with Crippen LogP contribution in [0.3, 0.4) is 0 Å². The number of aliphatic hydroxyl groups is 1. The molecule has 2 unspecified atom stereocenters. The molecule has 4 nitrogen and oxygen atoms in total. The fourth-order valence-corrected chi connectivity index (χ4v) is 3.47. The Labute approximate surface area is 159 Å². The van der Waals surface area contributed by atoms with Crippen LogP contribution in [0.15, 0.2) is 42.5 Å². The molecule has 0 radical (unpaired) electrons. The lowest BCUT2D eigenvalue weighted by Gasteiger charge is -2.32. The van der Waals surface area contributed by atoms with Gasteiger partial charge in [0.2, 0.25) is 0 Å². The summed E-state index contributed by atoms with van der Waals surface area (Å²) in [7, 11) is -0.484. The summed E-state index contributed by atoms with van der Waals surface area (Å²) in [6, 6.07) is 11.8. The van der Waals surface area contributed by atoms with E-state index in [1.165, 1.54) is 12.1 Å². The van der Waals surface area contributed by atoms with Gasteiger partial charge in [0.1, 0.15) is 17.7 Å². The average molecular weight is 370 g/mol. The van der Waals surface area contributed by atoms with Gasteiger partial charge >= 0.3 is 7.12 Å². The molecule has 4 rings (SSSR count). The molecule has 2 heterocycles. The Balaban J connectivity index is 1.59. The summed E-state index contributed by atoms with van der Waals surface area (Å²) >= 11 is 0. The molecule has 1 N–H and O–H groups in total. The lowest BCUT2D eigenvalue weighted by Crippen LogP contribution is -2.41. The molecule has 2 atom stereocenters. The van der Waals surface area contributed by atoms with Gasteiger partial charge in [0.05, 0.1) is 17.3 Å². The molecule has 0 amide bonds. The van der Waals surface area contributed by atoms with Gasteiger partial charge in [-0.25, -0.2) is 4.39 Å². The molecule has 0 aliphatic carbocycles. The molecular weight excluding hydrogens is 346 g/mol. The van der Waals surface area contributed by atoms with Crippen molar-refractivity contribution in [3.05, 3.63) is 59.4 Å². The third-order valence-corrected chi connectivity index (χ3v) is 5.87. The second-order valence-electron chi connectivity index (χ2n) is 8.30.